The molecule has 6 nitrogen and oxygen atoms in total. The molecule has 0 N–H and O–H groups in total. The summed E-state index contributed by atoms with van der Waals surface area (Å²) in [4.78, 5) is 40.2. The van der Waals surface area contributed by atoms with E-state index in [1.54, 1.807) is 31.2 Å². The summed E-state index contributed by atoms with van der Waals surface area (Å²) in [6, 6.07) is 14.3. The van der Waals surface area contributed by atoms with E-state index in [0.717, 1.165) is 34.4 Å². The third-order valence-corrected chi connectivity index (χ3v) is 6.08. The van der Waals surface area contributed by atoms with E-state index < -0.39 is 18.0 Å². The molecule has 4 rings (SSSR count). The van der Waals surface area contributed by atoms with Gasteiger partial charge in [0, 0.05) is 11.3 Å². The van der Waals surface area contributed by atoms with Crippen LogP contribution >= 0.6 is 12.6 Å². The SMILES string of the molecule is CCCCc1c2ccc(CS)ccc-2c(OC(=O)OCC)c1N1C(=O)c2ccccc2C1=O. The summed E-state index contributed by atoms with van der Waals surface area (Å²) in [5.41, 5.74) is 4.22. The highest BCUT2D eigenvalue weighted by Crippen LogP contribution is 2.50. The van der Waals surface area contributed by atoms with Gasteiger partial charge in [-0.2, -0.15) is 12.6 Å². The normalized spacial score (nSPS) is 12.9. The first-order valence-electron chi connectivity index (χ1n) is 11.0. The molecule has 0 unspecified atom stereocenters. The minimum Gasteiger partial charge on any atom is -0.434 e. The van der Waals surface area contributed by atoms with Gasteiger partial charge in [0.25, 0.3) is 11.8 Å². The van der Waals surface area contributed by atoms with Crippen molar-refractivity contribution in [2.45, 2.75) is 38.9 Å². The van der Waals surface area contributed by atoms with Crippen LogP contribution in [0.5, 0.6) is 5.75 Å². The minimum atomic E-state index is -0.884. The first-order chi connectivity index (χ1) is 16.0. The van der Waals surface area contributed by atoms with Crippen LogP contribution in [0, 0.1) is 0 Å². The Balaban J connectivity index is 1.98. The lowest BCUT2D eigenvalue weighted by Crippen LogP contribution is -2.30. The first-order valence-corrected chi connectivity index (χ1v) is 11.7. The van der Waals surface area contributed by atoms with Crippen molar-refractivity contribution in [1.82, 2.24) is 0 Å². The standard InChI is InChI=1S/C26H25NO5S/c1-3-5-8-18-17-13-11-16(15-33)12-14-19(17)23(32-26(30)31-4-2)22(18)27-24(28)20-9-6-7-10-21(20)25(27)29/h6-7,9-14,33H,3-5,8,15H2,1-2H3. The van der Waals surface area contributed by atoms with Crippen molar-refractivity contribution < 1.29 is 23.9 Å². The fourth-order valence-corrected chi connectivity index (χ4v) is 4.35. The molecule has 0 radical (unpaired) electrons. The fraction of sp³-hybridized carbons (Fsp3) is 0.269. The highest BCUT2D eigenvalue weighted by molar-refractivity contribution is 7.79. The highest BCUT2D eigenvalue weighted by Gasteiger charge is 2.42. The molecule has 2 aliphatic carbocycles. The maximum atomic E-state index is 13.4. The molecule has 2 amide bonds. The molecule has 3 aliphatic rings. The van der Waals surface area contributed by atoms with Crippen molar-refractivity contribution in [1.29, 1.82) is 0 Å². The van der Waals surface area contributed by atoms with Crippen LogP contribution in [0.1, 0.15) is 58.5 Å². The number of carbonyl (C=O) groups excluding carboxylic acids is 3. The Morgan fingerprint density at radius 3 is 2.12 bits per heavy atom. The molecule has 170 valence electrons. The van der Waals surface area contributed by atoms with Crippen LogP contribution in [0.3, 0.4) is 0 Å². The van der Waals surface area contributed by atoms with Crippen LogP contribution in [-0.2, 0) is 16.9 Å². The molecule has 0 fully saturated rings. The van der Waals surface area contributed by atoms with E-state index in [2.05, 4.69) is 19.6 Å². The summed E-state index contributed by atoms with van der Waals surface area (Å²) in [6.45, 7) is 3.89. The van der Waals surface area contributed by atoms with Crippen LogP contribution in [0.4, 0.5) is 10.5 Å². The van der Waals surface area contributed by atoms with E-state index in [9.17, 15) is 14.4 Å². The zero-order chi connectivity index (χ0) is 23.5. The monoisotopic (exact) mass is 463 g/mol. The van der Waals surface area contributed by atoms with Gasteiger partial charge in [-0.25, -0.2) is 9.69 Å². The smallest absolute Gasteiger partial charge is 0.434 e. The van der Waals surface area contributed by atoms with Gasteiger partial charge in [-0.3, -0.25) is 9.59 Å². The zero-order valence-electron chi connectivity index (χ0n) is 18.6. The number of rotatable bonds is 7. The average molecular weight is 464 g/mol. The van der Waals surface area contributed by atoms with Crippen LogP contribution in [0.25, 0.3) is 11.1 Å². The number of carbonyl (C=O) groups is 3. The summed E-state index contributed by atoms with van der Waals surface area (Å²) in [5.74, 6) is -0.165. The Kier molecular flexibility index (Phi) is 6.70. The molecule has 0 saturated carbocycles. The van der Waals surface area contributed by atoms with Gasteiger partial charge in [0.1, 0.15) is 0 Å². The molecule has 0 aromatic heterocycles. The lowest BCUT2D eigenvalue weighted by molar-refractivity contribution is 0.0915. The van der Waals surface area contributed by atoms with Gasteiger partial charge < -0.3 is 9.47 Å². The average Bonchev–Trinajstić information content (AvgIpc) is 3.10. The molecule has 1 aromatic carbocycles. The van der Waals surface area contributed by atoms with Crippen LogP contribution in [-0.4, -0.2) is 24.6 Å². The predicted octanol–water partition coefficient (Wildman–Crippen LogP) is 5.90. The van der Waals surface area contributed by atoms with Crippen LogP contribution in [0.2, 0.25) is 0 Å². The molecule has 7 heteroatoms. The topological polar surface area (TPSA) is 72.9 Å². The van der Waals surface area contributed by atoms with Crippen molar-refractivity contribution >= 4 is 36.3 Å². The lowest BCUT2D eigenvalue weighted by atomic mass is 10.0. The summed E-state index contributed by atoms with van der Waals surface area (Å²) in [5, 5.41) is 0. The maximum Gasteiger partial charge on any atom is 0.513 e. The lowest BCUT2D eigenvalue weighted by Gasteiger charge is -2.17. The fourth-order valence-electron chi connectivity index (χ4n) is 4.14. The minimum absolute atomic E-state index is 0.139. The Labute approximate surface area is 198 Å². The van der Waals surface area contributed by atoms with Gasteiger partial charge >= 0.3 is 6.16 Å². The Bertz CT molecular complexity index is 1170. The number of hydrogen-bond acceptors (Lipinski definition) is 6. The third-order valence-electron chi connectivity index (χ3n) is 5.72. The number of nitrogens with zero attached hydrogens (tertiary/aromatic N) is 1. The van der Waals surface area contributed by atoms with Crippen molar-refractivity contribution in [3.63, 3.8) is 0 Å². The molecule has 0 saturated heterocycles. The number of benzene rings is 1. The summed E-state index contributed by atoms with van der Waals surface area (Å²) in [6.07, 6.45) is 1.49. The molecule has 0 spiro atoms. The molecule has 1 heterocycles. The number of hydrogen-bond donors (Lipinski definition) is 1. The van der Waals surface area contributed by atoms with Gasteiger partial charge in [-0.15, -0.1) is 0 Å². The van der Waals surface area contributed by atoms with E-state index in [-0.39, 0.29) is 12.4 Å². The molecular weight excluding hydrogens is 438 g/mol. The molecule has 1 aromatic rings. The van der Waals surface area contributed by atoms with Crippen molar-refractivity contribution in [3.05, 3.63) is 70.8 Å². The molecule has 0 bridgehead atoms. The second kappa shape index (κ2) is 9.67. The zero-order valence-corrected chi connectivity index (χ0v) is 19.5. The van der Waals surface area contributed by atoms with Crippen molar-refractivity contribution in [3.8, 4) is 16.9 Å². The number of fused-ring (bicyclic) bond motifs is 2. The Morgan fingerprint density at radius 1 is 0.909 bits per heavy atom. The maximum absolute atomic E-state index is 13.4. The van der Waals surface area contributed by atoms with Gasteiger partial charge in [-0.1, -0.05) is 49.7 Å². The summed E-state index contributed by atoms with van der Waals surface area (Å²) < 4.78 is 10.7. The van der Waals surface area contributed by atoms with E-state index >= 15 is 0 Å². The summed E-state index contributed by atoms with van der Waals surface area (Å²) in [7, 11) is 0. The van der Waals surface area contributed by atoms with E-state index in [0.29, 0.717) is 34.6 Å². The first kappa shape index (κ1) is 22.9. The van der Waals surface area contributed by atoms with Gasteiger partial charge in [0.05, 0.1) is 23.4 Å². The quantitative estimate of drug-likeness (QED) is 0.268. The number of ether oxygens (including phenoxy) is 2. The number of anilines is 1. The highest BCUT2D eigenvalue weighted by atomic mass is 32.1. The molecular formula is C26H25NO5S. The van der Waals surface area contributed by atoms with Gasteiger partial charge in [0.2, 0.25) is 0 Å². The van der Waals surface area contributed by atoms with Gasteiger partial charge in [0.15, 0.2) is 5.75 Å². The van der Waals surface area contributed by atoms with Crippen molar-refractivity contribution in [2.75, 3.05) is 11.5 Å². The largest absolute Gasteiger partial charge is 0.513 e. The van der Waals surface area contributed by atoms with Crippen LogP contribution < -0.4 is 9.64 Å². The Hall–Kier alpha value is -3.32. The van der Waals surface area contributed by atoms with Crippen molar-refractivity contribution in [2.24, 2.45) is 0 Å². The number of amides is 2. The molecule has 1 aliphatic heterocycles. The van der Waals surface area contributed by atoms with E-state index in [1.165, 1.54) is 0 Å². The molecule has 0 atom stereocenters. The predicted molar refractivity (Wildman–Crippen MR) is 130 cm³/mol. The van der Waals surface area contributed by atoms with E-state index in [1.807, 2.05) is 24.3 Å². The third kappa shape index (κ3) is 4.09. The second-order valence-corrected chi connectivity index (χ2v) is 8.08. The Morgan fingerprint density at radius 2 is 1.55 bits per heavy atom. The summed E-state index contributed by atoms with van der Waals surface area (Å²) >= 11 is 4.36. The number of imide groups is 1. The number of thiol groups is 1. The number of unbranched alkanes of at least 4 members (excludes halogenated alkanes) is 1. The second-order valence-electron chi connectivity index (χ2n) is 7.76. The van der Waals surface area contributed by atoms with Crippen LogP contribution in [0.15, 0.2) is 48.5 Å². The van der Waals surface area contributed by atoms with E-state index in [4.69, 9.17) is 9.47 Å². The molecule has 33 heavy (non-hydrogen) atoms. The van der Waals surface area contributed by atoms with Gasteiger partial charge in [-0.05, 0) is 48.6 Å².